The van der Waals surface area contributed by atoms with E-state index < -0.39 is 0 Å². The van der Waals surface area contributed by atoms with E-state index in [-0.39, 0.29) is 5.41 Å². The van der Waals surface area contributed by atoms with Gasteiger partial charge in [-0.05, 0) is 29.5 Å². The molecule has 19 heavy (non-hydrogen) atoms. The first-order chi connectivity index (χ1) is 9.05. The van der Waals surface area contributed by atoms with Crippen molar-refractivity contribution in [3.8, 4) is 0 Å². The Morgan fingerprint density at radius 1 is 1.16 bits per heavy atom. The van der Waals surface area contributed by atoms with E-state index >= 15 is 0 Å². The van der Waals surface area contributed by atoms with Gasteiger partial charge < -0.3 is 0 Å². The number of pyridine rings is 1. The summed E-state index contributed by atoms with van der Waals surface area (Å²) in [7, 11) is 0. The van der Waals surface area contributed by atoms with E-state index in [9.17, 15) is 0 Å². The van der Waals surface area contributed by atoms with Crippen molar-refractivity contribution < 1.29 is 0 Å². The molecule has 2 heteroatoms. The first-order valence-electron chi connectivity index (χ1n) is 6.79. The second kappa shape index (κ2) is 4.68. The number of allylic oxidation sites excluding steroid dienone is 1. The maximum absolute atomic E-state index is 4.84. The van der Waals surface area contributed by atoms with Crippen molar-refractivity contribution in [1.82, 2.24) is 4.98 Å². The number of aromatic nitrogens is 1. The summed E-state index contributed by atoms with van der Waals surface area (Å²) in [4.78, 5) is 6.19. The molecular formula is C17H19NS. The lowest BCUT2D eigenvalue weighted by atomic mass is 9.84. The van der Waals surface area contributed by atoms with E-state index in [0.29, 0.717) is 0 Å². The van der Waals surface area contributed by atoms with E-state index in [1.165, 1.54) is 28.0 Å². The van der Waals surface area contributed by atoms with Crippen LogP contribution in [-0.2, 0) is 5.41 Å². The second-order valence-electron chi connectivity index (χ2n) is 6.03. The summed E-state index contributed by atoms with van der Waals surface area (Å²) < 4.78 is 0. The fraction of sp³-hybridized carbons (Fsp3) is 0.353. The van der Waals surface area contributed by atoms with Gasteiger partial charge in [0.2, 0.25) is 0 Å². The summed E-state index contributed by atoms with van der Waals surface area (Å²) in [6.45, 7) is 6.82. The number of fused-ring (bicyclic) bond motifs is 1. The minimum absolute atomic E-state index is 0.140. The molecular weight excluding hydrogens is 250 g/mol. The molecule has 0 N–H and O–H groups in total. The number of hydrogen-bond acceptors (Lipinski definition) is 2. The molecule has 0 spiro atoms. The van der Waals surface area contributed by atoms with Crippen LogP contribution in [0, 0.1) is 0 Å². The van der Waals surface area contributed by atoms with Crippen LogP contribution in [0.4, 0.5) is 0 Å². The highest BCUT2D eigenvalue weighted by Crippen LogP contribution is 2.37. The Morgan fingerprint density at radius 3 is 2.63 bits per heavy atom. The number of para-hydroxylation sites is 1. The largest absolute Gasteiger partial charge is 0.247 e. The zero-order valence-corrected chi connectivity index (χ0v) is 12.6. The summed E-state index contributed by atoms with van der Waals surface area (Å²) in [6.07, 6.45) is 3.48. The van der Waals surface area contributed by atoms with Crippen molar-refractivity contribution in [2.24, 2.45) is 0 Å². The molecule has 0 fully saturated rings. The van der Waals surface area contributed by atoms with Crippen LogP contribution in [0.15, 0.2) is 36.4 Å². The molecule has 1 aliphatic rings. The van der Waals surface area contributed by atoms with E-state index in [1.807, 2.05) is 11.8 Å². The first kappa shape index (κ1) is 12.7. The average molecular weight is 269 g/mol. The SMILES string of the molecule is CC(C)(C)c1cc(C2=CCCS2)nc2ccccc12. The third kappa shape index (κ3) is 2.42. The second-order valence-corrected chi connectivity index (χ2v) is 7.16. The molecule has 0 saturated carbocycles. The number of nitrogens with zero attached hydrogens (tertiary/aromatic N) is 1. The van der Waals surface area contributed by atoms with Crippen LogP contribution in [0.5, 0.6) is 0 Å². The van der Waals surface area contributed by atoms with E-state index in [0.717, 1.165) is 11.2 Å². The molecule has 0 aliphatic carbocycles. The highest BCUT2D eigenvalue weighted by Gasteiger charge is 2.20. The Labute approximate surface area is 119 Å². The van der Waals surface area contributed by atoms with Crippen molar-refractivity contribution in [3.63, 3.8) is 0 Å². The molecule has 1 aliphatic heterocycles. The Kier molecular flexibility index (Phi) is 3.14. The third-order valence-corrected chi connectivity index (χ3v) is 4.61. The Balaban J connectivity index is 2.26. The maximum atomic E-state index is 4.84. The Hall–Kier alpha value is -1.28. The van der Waals surface area contributed by atoms with Gasteiger partial charge in [0.25, 0.3) is 0 Å². The zero-order chi connectivity index (χ0) is 13.5. The predicted molar refractivity (Wildman–Crippen MR) is 85.5 cm³/mol. The van der Waals surface area contributed by atoms with E-state index in [1.54, 1.807) is 0 Å². The highest BCUT2D eigenvalue weighted by molar-refractivity contribution is 8.08. The van der Waals surface area contributed by atoms with Crippen LogP contribution in [0.25, 0.3) is 15.8 Å². The molecule has 98 valence electrons. The lowest BCUT2D eigenvalue weighted by molar-refractivity contribution is 0.595. The summed E-state index contributed by atoms with van der Waals surface area (Å²) in [5, 5.41) is 1.28. The van der Waals surface area contributed by atoms with Crippen LogP contribution in [-0.4, -0.2) is 10.7 Å². The number of thioether (sulfide) groups is 1. The van der Waals surface area contributed by atoms with Gasteiger partial charge in [0.15, 0.2) is 0 Å². The molecule has 0 radical (unpaired) electrons. The molecule has 0 amide bonds. The highest BCUT2D eigenvalue weighted by atomic mass is 32.2. The number of rotatable bonds is 1. The smallest absolute Gasteiger partial charge is 0.0772 e. The zero-order valence-electron chi connectivity index (χ0n) is 11.7. The fourth-order valence-corrected chi connectivity index (χ4v) is 3.46. The fourth-order valence-electron chi connectivity index (χ4n) is 2.52. The van der Waals surface area contributed by atoms with E-state index in [4.69, 9.17) is 4.98 Å². The Bertz CT molecular complexity index is 650. The van der Waals surface area contributed by atoms with Crippen LogP contribution >= 0.6 is 11.8 Å². The van der Waals surface area contributed by atoms with Crippen molar-refractivity contribution >= 4 is 27.6 Å². The monoisotopic (exact) mass is 269 g/mol. The molecule has 0 atom stereocenters. The number of hydrogen-bond donors (Lipinski definition) is 0. The molecule has 0 saturated heterocycles. The van der Waals surface area contributed by atoms with Crippen molar-refractivity contribution in [2.45, 2.75) is 32.6 Å². The quantitative estimate of drug-likeness (QED) is 0.721. The summed E-state index contributed by atoms with van der Waals surface area (Å²) >= 11 is 1.92. The lowest BCUT2D eigenvalue weighted by Crippen LogP contribution is -2.12. The predicted octanol–water partition coefficient (Wildman–Crippen LogP) is 5.01. The summed E-state index contributed by atoms with van der Waals surface area (Å²) in [5.74, 6) is 1.19. The van der Waals surface area contributed by atoms with Gasteiger partial charge in [-0.3, -0.25) is 0 Å². The molecule has 0 bridgehead atoms. The molecule has 1 nitrogen and oxygen atoms in total. The van der Waals surface area contributed by atoms with Crippen LogP contribution in [0.1, 0.15) is 38.4 Å². The van der Waals surface area contributed by atoms with Gasteiger partial charge in [0, 0.05) is 16.0 Å². The number of benzene rings is 1. The standard InChI is InChI=1S/C17H19NS/c1-17(2,3)13-11-15(16-9-6-10-19-16)18-14-8-5-4-7-12(13)14/h4-5,7-9,11H,6,10H2,1-3H3. The molecule has 3 rings (SSSR count). The van der Waals surface area contributed by atoms with Gasteiger partial charge in [0.1, 0.15) is 0 Å². The van der Waals surface area contributed by atoms with Gasteiger partial charge in [0.05, 0.1) is 11.2 Å². The van der Waals surface area contributed by atoms with Crippen LogP contribution in [0.2, 0.25) is 0 Å². The molecule has 1 aromatic heterocycles. The van der Waals surface area contributed by atoms with Crippen molar-refractivity contribution in [3.05, 3.63) is 47.7 Å². The molecule has 2 heterocycles. The molecule has 2 aromatic rings. The van der Waals surface area contributed by atoms with Crippen molar-refractivity contribution in [2.75, 3.05) is 5.75 Å². The van der Waals surface area contributed by atoms with Gasteiger partial charge in [-0.25, -0.2) is 4.98 Å². The Morgan fingerprint density at radius 2 is 1.95 bits per heavy atom. The summed E-state index contributed by atoms with van der Waals surface area (Å²) in [5.41, 5.74) is 3.78. The summed E-state index contributed by atoms with van der Waals surface area (Å²) in [6, 6.07) is 10.8. The van der Waals surface area contributed by atoms with Crippen molar-refractivity contribution in [1.29, 1.82) is 0 Å². The van der Waals surface area contributed by atoms with Gasteiger partial charge in [-0.2, -0.15) is 0 Å². The van der Waals surface area contributed by atoms with Gasteiger partial charge in [-0.1, -0.05) is 45.0 Å². The minimum atomic E-state index is 0.140. The molecule has 1 aromatic carbocycles. The van der Waals surface area contributed by atoms with Gasteiger partial charge >= 0.3 is 0 Å². The topological polar surface area (TPSA) is 12.9 Å². The minimum Gasteiger partial charge on any atom is -0.247 e. The van der Waals surface area contributed by atoms with Crippen LogP contribution < -0.4 is 0 Å². The first-order valence-corrected chi connectivity index (χ1v) is 7.78. The maximum Gasteiger partial charge on any atom is 0.0772 e. The van der Waals surface area contributed by atoms with E-state index in [2.05, 4.69) is 57.2 Å². The van der Waals surface area contributed by atoms with Crippen LogP contribution in [0.3, 0.4) is 0 Å². The normalized spacial score (nSPS) is 15.8. The molecule has 0 unspecified atom stereocenters. The third-order valence-electron chi connectivity index (χ3n) is 3.48. The lowest BCUT2D eigenvalue weighted by Gasteiger charge is -2.22. The average Bonchev–Trinajstić information content (AvgIpc) is 2.90. The van der Waals surface area contributed by atoms with Gasteiger partial charge in [-0.15, -0.1) is 11.8 Å².